The van der Waals surface area contributed by atoms with Gasteiger partial charge >= 0.3 is 0 Å². The molecule has 1 aromatic heterocycles. The van der Waals surface area contributed by atoms with E-state index in [1.807, 2.05) is 12.1 Å². The first-order valence-electron chi connectivity index (χ1n) is 4.05. The van der Waals surface area contributed by atoms with Crippen LogP contribution in [0.5, 0.6) is 0 Å². The second kappa shape index (κ2) is 2.93. The van der Waals surface area contributed by atoms with Crippen molar-refractivity contribution in [2.45, 2.75) is 18.9 Å². The Morgan fingerprint density at radius 2 is 2.50 bits per heavy atom. The van der Waals surface area contributed by atoms with E-state index in [4.69, 9.17) is 0 Å². The van der Waals surface area contributed by atoms with Crippen LogP contribution < -0.4 is 5.32 Å². The molecule has 12 heavy (non-hydrogen) atoms. The van der Waals surface area contributed by atoms with E-state index >= 15 is 0 Å². The summed E-state index contributed by atoms with van der Waals surface area (Å²) >= 11 is 0. The van der Waals surface area contributed by atoms with Gasteiger partial charge in [-0.15, -0.1) is 0 Å². The molecule has 1 amide bonds. The van der Waals surface area contributed by atoms with Crippen LogP contribution in [0, 0.1) is 0 Å². The van der Waals surface area contributed by atoms with Crippen LogP contribution in [0.4, 0.5) is 0 Å². The van der Waals surface area contributed by atoms with E-state index in [2.05, 4.69) is 10.3 Å². The Bertz CT molecular complexity index is 284. The highest BCUT2D eigenvalue weighted by Gasteiger charge is 2.21. The summed E-state index contributed by atoms with van der Waals surface area (Å²) in [5.74, 6) is 0.142. The summed E-state index contributed by atoms with van der Waals surface area (Å²) in [7, 11) is 0. The summed E-state index contributed by atoms with van der Waals surface area (Å²) in [6.45, 7) is 0. The third kappa shape index (κ3) is 1.30. The zero-order chi connectivity index (χ0) is 8.39. The van der Waals surface area contributed by atoms with Crippen LogP contribution in [0.15, 0.2) is 24.5 Å². The molecule has 62 valence electrons. The number of nitrogens with zero attached hydrogens (tertiary/aromatic N) is 1. The molecule has 2 rings (SSSR count). The molecule has 1 saturated heterocycles. The number of aromatic nitrogens is 1. The summed E-state index contributed by atoms with van der Waals surface area (Å²) in [5.41, 5.74) is 1.10. The number of pyridine rings is 1. The minimum Gasteiger partial charge on any atom is -0.349 e. The predicted molar refractivity (Wildman–Crippen MR) is 44.4 cm³/mol. The van der Waals surface area contributed by atoms with Gasteiger partial charge in [-0.25, -0.2) is 0 Å². The second-order valence-corrected chi connectivity index (χ2v) is 2.95. The molecule has 0 saturated carbocycles. The summed E-state index contributed by atoms with van der Waals surface area (Å²) in [5, 5.41) is 2.89. The van der Waals surface area contributed by atoms with Gasteiger partial charge in [0.25, 0.3) is 0 Å². The van der Waals surface area contributed by atoms with Crippen molar-refractivity contribution in [2.75, 3.05) is 0 Å². The fourth-order valence-electron chi connectivity index (χ4n) is 1.45. The molecule has 1 aromatic rings. The van der Waals surface area contributed by atoms with E-state index in [0.29, 0.717) is 6.42 Å². The van der Waals surface area contributed by atoms with E-state index < -0.39 is 0 Å². The molecule has 0 radical (unpaired) electrons. The van der Waals surface area contributed by atoms with Gasteiger partial charge in [0.2, 0.25) is 5.91 Å². The Kier molecular flexibility index (Phi) is 1.78. The Hall–Kier alpha value is -1.38. The molecule has 0 aromatic carbocycles. The molecule has 1 N–H and O–H groups in total. The number of hydrogen-bond donors (Lipinski definition) is 1. The first-order valence-corrected chi connectivity index (χ1v) is 4.05. The van der Waals surface area contributed by atoms with Gasteiger partial charge in [-0.1, -0.05) is 6.07 Å². The molecule has 0 bridgehead atoms. The van der Waals surface area contributed by atoms with Gasteiger partial charge in [-0.2, -0.15) is 0 Å². The van der Waals surface area contributed by atoms with Crippen LogP contribution in [0.25, 0.3) is 0 Å². The highest BCUT2D eigenvalue weighted by atomic mass is 16.1. The van der Waals surface area contributed by atoms with Gasteiger partial charge in [-0.05, 0) is 18.1 Å². The number of carbonyl (C=O) groups is 1. The molecule has 3 heteroatoms. The monoisotopic (exact) mass is 162 g/mol. The van der Waals surface area contributed by atoms with E-state index in [1.54, 1.807) is 12.4 Å². The summed E-state index contributed by atoms with van der Waals surface area (Å²) < 4.78 is 0. The summed E-state index contributed by atoms with van der Waals surface area (Å²) in [6, 6.07) is 4.06. The lowest BCUT2D eigenvalue weighted by atomic mass is 10.1. The fraction of sp³-hybridized carbons (Fsp3) is 0.333. The second-order valence-electron chi connectivity index (χ2n) is 2.95. The van der Waals surface area contributed by atoms with Crippen molar-refractivity contribution in [1.82, 2.24) is 10.3 Å². The van der Waals surface area contributed by atoms with E-state index in [1.165, 1.54) is 0 Å². The lowest BCUT2D eigenvalue weighted by molar-refractivity contribution is -0.119. The van der Waals surface area contributed by atoms with Crippen molar-refractivity contribution in [3.63, 3.8) is 0 Å². The molecular formula is C9H10N2O. The quantitative estimate of drug-likeness (QED) is 0.670. The van der Waals surface area contributed by atoms with E-state index in [9.17, 15) is 4.79 Å². The molecule has 0 aliphatic carbocycles. The Morgan fingerprint density at radius 3 is 3.08 bits per heavy atom. The maximum Gasteiger partial charge on any atom is 0.220 e. The van der Waals surface area contributed by atoms with Crippen LogP contribution in [-0.4, -0.2) is 10.9 Å². The van der Waals surface area contributed by atoms with Crippen molar-refractivity contribution in [1.29, 1.82) is 0 Å². The first-order chi connectivity index (χ1) is 5.86. The Balaban J connectivity index is 2.16. The number of nitrogens with one attached hydrogen (secondary N) is 1. The van der Waals surface area contributed by atoms with Crippen LogP contribution in [0.3, 0.4) is 0 Å². The molecule has 1 atom stereocenters. The van der Waals surface area contributed by atoms with Crippen LogP contribution >= 0.6 is 0 Å². The summed E-state index contributed by atoms with van der Waals surface area (Å²) in [4.78, 5) is 14.9. The van der Waals surface area contributed by atoms with Gasteiger partial charge in [-0.3, -0.25) is 9.78 Å². The Morgan fingerprint density at radius 1 is 1.58 bits per heavy atom. The van der Waals surface area contributed by atoms with E-state index in [-0.39, 0.29) is 11.9 Å². The third-order valence-corrected chi connectivity index (χ3v) is 2.08. The normalized spacial score (nSPS) is 22.3. The Labute approximate surface area is 70.8 Å². The number of hydrogen-bond acceptors (Lipinski definition) is 2. The highest BCUT2D eigenvalue weighted by molar-refractivity contribution is 5.78. The van der Waals surface area contributed by atoms with Crippen LogP contribution in [0.1, 0.15) is 24.4 Å². The van der Waals surface area contributed by atoms with Crippen molar-refractivity contribution in [2.24, 2.45) is 0 Å². The number of amides is 1. The average Bonchev–Trinajstić information content (AvgIpc) is 2.54. The maximum atomic E-state index is 10.9. The lowest BCUT2D eigenvalue weighted by Gasteiger charge is -2.08. The fourth-order valence-corrected chi connectivity index (χ4v) is 1.45. The first kappa shape index (κ1) is 7.28. The smallest absolute Gasteiger partial charge is 0.220 e. The van der Waals surface area contributed by atoms with Crippen molar-refractivity contribution in [3.8, 4) is 0 Å². The number of rotatable bonds is 1. The molecule has 3 nitrogen and oxygen atoms in total. The third-order valence-electron chi connectivity index (χ3n) is 2.08. The summed E-state index contributed by atoms with van der Waals surface area (Å²) in [6.07, 6.45) is 5.07. The zero-order valence-corrected chi connectivity index (χ0v) is 6.66. The molecular weight excluding hydrogens is 152 g/mol. The van der Waals surface area contributed by atoms with Gasteiger partial charge < -0.3 is 5.32 Å². The maximum absolute atomic E-state index is 10.9. The molecule has 1 unspecified atom stereocenters. The molecule has 2 heterocycles. The van der Waals surface area contributed by atoms with Crippen LogP contribution in [-0.2, 0) is 4.79 Å². The minimum atomic E-state index is 0.142. The van der Waals surface area contributed by atoms with Gasteiger partial charge in [0.1, 0.15) is 0 Å². The SMILES string of the molecule is O=C1CCC(c2cccnc2)N1. The molecule has 1 aliphatic rings. The molecule has 1 fully saturated rings. The topological polar surface area (TPSA) is 42.0 Å². The standard InChI is InChI=1S/C9H10N2O/c12-9-4-3-8(11-9)7-2-1-5-10-6-7/h1-2,5-6,8H,3-4H2,(H,11,12). The average molecular weight is 162 g/mol. The van der Waals surface area contributed by atoms with Gasteiger partial charge in [0.05, 0.1) is 6.04 Å². The highest BCUT2D eigenvalue weighted by Crippen LogP contribution is 2.22. The molecule has 1 aliphatic heterocycles. The predicted octanol–water partition coefficient (Wildman–Crippen LogP) is 1.03. The largest absolute Gasteiger partial charge is 0.349 e. The molecule has 0 spiro atoms. The van der Waals surface area contributed by atoms with Crippen LogP contribution in [0.2, 0.25) is 0 Å². The zero-order valence-electron chi connectivity index (χ0n) is 6.66. The van der Waals surface area contributed by atoms with Gasteiger partial charge in [0, 0.05) is 18.8 Å². The van der Waals surface area contributed by atoms with Crippen molar-refractivity contribution in [3.05, 3.63) is 30.1 Å². The van der Waals surface area contributed by atoms with Crippen molar-refractivity contribution < 1.29 is 4.79 Å². The van der Waals surface area contributed by atoms with E-state index in [0.717, 1.165) is 12.0 Å². The minimum absolute atomic E-state index is 0.142. The van der Waals surface area contributed by atoms with Gasteiger partial charge in [0.15, 0.2) is 0 Å². The van der Waals surface area contributed by atoms with Crippen molar-refractivity contribution >= 4 is 5.91 Å². The lowest BCUT2D eigenvalue weighted by Crippen LogP contribution is -2.18. The number of carbonyl (C=O) groups excluding carboxylic acids is 1.